The number of nitrogens with zero attached hydrogens (tertiary/aromatic N) is 2. The van der Waals surface area contributed by atoms with Gasteiger partial charge in [0.25, 0.3) is 0 Å². The molecule has 0 aromatic rings. The van der Waals surface area contributed by atoms with E-state index in [0.29, 0.717) is 6.04 Å². The van der Waals surface area contributed by atoms with E-state index in [2.05, 4.69) is 17.1 Å². The maximum absolute atomic E-state index is 12.6. The van der Waals surface area contributed by atoms with Gasteiger partial charge in [0.15, 0.2) is 0 Å². The molecule has 6 nitrogen and oxygen atoms in total. The molecule has 2 amide bonds. The van der Waals surface area contributed by atoms with Crippen LogP contribution in [-0.4, -0.2) is 73.6 Å². The molecule has 2 fully saturated rings. The lowest BCUT2D eigenvalue weighted by molar-refractivity contribution is -0.140. The quantitative estimate of drug-likeness (QED) is 0.754. The standard InChI is InChI=1S/C17H31N3O3/c1-4-15-12-20(9-8-19(15)10-11-23-3)17(22)13(2)18-16(21)14-6-5-7-14/h13-15H,4-12H2,1-3H3,(H,18,21). The molecular weight excluding hydrogens is 294 g/mol. The molecule has 0 aromatic carbocycles. The minimum atomic E-state index is -0.425. The molecule has 0 radical (unpaired) electrons. The zero-order valence-electron chi connectivity index (χ0n) is 14.7. The van der Waals surface area contributed by atoms with Crippen molar-refractivity contribution in [3.63, 3.8) is 0 Å². The first-order valence-corrected chi connectivity index (χ1v) is 8.89. The van der Waals surface area contributed by atoms with Crippen molar-refractivity contribution in [2.24, 2.45) is 5.92 Å². The minimum absolute atomic E-state index is 0.0440. The van der Waals surface area contributed by atoms with Crippen LogP contribution in [0.1, 0.15) is 39.5 Å². The minimum Gasteiger partial charge on any atom is -0.383 e. The van der Waals surface area contributed by atoms with Gasteiger partial charge in [0.1, 0.15) is 6.04 Å². The average Bonchev–Trinajstić information content (AvgIpc) is 2.50. The van der Waals surface area contributed by atoms with Gasteiger partial charge < -0.3 is 15.0 Å². The van der Waals surface area contributed by atoms with Crippen LogP contribution in [0.25, 0.3) is 0 Å². The largest absolute Gasteiger partial charge is 0.383 e. The summed E-state index contributed by atoms with van der Waals surface area (Å²) < 4.78 is 5.16. The molecule has 1 N–H and O–H groups in total. The summed E-state index contributed by atoms with van der Waals surface area (Å²) in [4.78, 5) is 28.9. The van der Waals surface area contributed by atoms with Gasteiger partial charge in [-0.05, 0) is 26.2 Å². The molecule has 0 bridgehead atoms. The summed E-state index contributed by atoms with van der Waals surface area (Å²) in [5.74, 6) is 0.213. The lowest BCUT2D eigenvalue weighted by atomic mass is 9.84. The fourth-order valence-corrected chi connectivity index (χ4v) is 3.32. The molecule has 2 rings (SSSR count). The Morgan fingerprint density at radius 3 is 2.61 bits per heavy atom. The monoisotopic (exact) mass is 325 g/mol. The molecule has 1 saturated heterocycles. The van der Waals surface area contributed by atoms with Gasteiger partial charge in [0.05, 0.1) is 6.61 Å². The van der Waals surface area contributed by atoms with E-state index in [4.69, 9.17) is 4.74 Å². The summed E-state index contributed by atoms with van der Waals surface area (Å²) in [6.07, 6.45) is 4.06. The van der Waals surface area contributed by atoms with Gasteiger partial charge in [-0.25, -0.2) is 0 Å². The van der Waals surface area contributed by atoms with E-state index in [0.717, 1.165) is 58.5 Å². The van der Waals surface area contributed by atoms with Gasteiger partial charge in [0.2, 0.25) is 11.8 Å². The summed E-state index contributed by atoms with van der Waals surface area (Å²) in [5, 5.41) is 2.89. The number of carbonyl (C=O) groups is 2. The van der Waals surface area contributed by atoms with E-state index in [9.17, 15) is 9.59 Å². The van der Waals surface area contributed by atoms with E-state index in [1.54, 1.807) is 14.0 Å². The molecule has 132 valence electrons. The first-order valence-electron chi connectivity index (χ1n) is 8.89. The summed E-state index contributed by atoms with van der Waals surface area (Å²) in [6.45, 7) is 7.92. The number of carbonyl (C=O) groups excluding carboxylic acids is 2. The Kier molecular flexibility index (Phi) is 6.84. The second-order valence-corrected chi connectivity index (χ2v) is 6.73. The number of ether oxygens (including phenoxy) is 1. The molecule has 1 aliphatic carbocycles. The molecule has 1 saturated carbocycles. The third-order valence-electron chi connectivity index (χ3n) is 5.18. The van der Waals surface area contributed by atoms with Gasteiger partial charge in [-0.2, -0.15) is 0 Å². The molecule has 1 aliphatic heterocycles. The predicted molar refractivity (Wildman–Crippen MR) is 89.1 cm³/mol. The lowest BCUT2D eigenvalue weighted by Gasteiger charge is -2.42. The van der Waals surface area contributed by atoms with Crippen molar-refractivity contribution in [1.82, 2.24) is 15.1 Å². The van der Waals surface area contributed by atoms with Crippen LogP contribution in [0.4, 0.5) is 0 Å². The normalized spacial score (nSPS) is 24.1. The van der Waals surface area contributed by atoms with E-state index in [1.165, 1.54) is 0 Å². The first kappa shape index (κ1) is 18.2. The number of amides is 2. The topological polar surface area (TPSA) is 61.9 Å². The third-order valence-corrected chi connectivity index (χ3v) is 5.18. The Morgan fingerprint density at radius 1 is 1.30 bits per heavy atom. The van der Waals surface area contributed by atoms with Crippen LogP contribution < -0.4 is 5.32 Å². The van der Waals surface area contributed by atoms with Crippen molar-refractivity contribution >= 4 is 11.8 Å². The second kappa shape index (κ2) is 8.64. The molecule has 2 aliphatic rings. The fraction of sp³-hybridized carbons (Fsp3) is 0.882. The van der Waals surface area contributed by atoms with Crippen molar-refractivity contribution < 1.29 is 14.3 Å². The number of rotatable bonds is 7. The maximum Gasteiger partial charge on any atom is 0.244 e. The zero-order valence-corrected chi connectivity index (χ0v) is 14.7. The van der Waals surface area contributed by atoms with Gasteiger partial charge in [-0.1, -0.05) is 13.3 Å². The molecule has 0 spiro atoms. The maximum atomic E-state index is 12.6. The van der Waals surface area contributed by atoms with Crippen molar-refractivity contribution in [1.29, 1.82) is 0 Å². The molecule has 0 aromatic heterocycles. The first-order chi connectivity index (χ1) is 11.1. The highest BCUT2D eigenvalue weighted by Gasteiger charge is 2.32. The van der Waals surface area contributed by atoms with Crippen LogP contribution in [0.15, 0.2) is 0 Å². The van der Waals surface area contributed by atoms with E-state index in [1.807, 2.05) is 4.90 Å². The predicted octanol–water partition coefficient (Wildman–Crippen LogP) is 0.860. The zero-order chi connectivity index (χ0) is 16.8. The van der Waals surface area contributed by atoms with Crippen molar-refractivity contribution in [2.75, 3.05) is 39.9 Å². The Labute approximate surface area is 139 Å². The van der Waals surface area contributed by atoms with Crippen LogP contribution in [0, 0.1) is 5.92 Å². The number of nitrogens with one attached hydrogen (secondary N) is 1. The van der Waals surface area contributed by atoms with Crippen LogP contribution in [0.5, 0.6) is 0 Å². The highest BCUT2D eigenvalue weighted by Crippen LogP contribution is 2.26. The molecule has 23 heavy (non-hydrogen) atoms. The summed E-state index contributed by atoms with van der Waals surface area (Å²) in [7, 11) is 1.72. The Morgan fingerprint density at radius 2 is 2.04 bits per heavy atom. The van der Waals surface area contributed by atoms with Gasteiger partial charge in [-0.3, -0.25) is 14.5 Å². The van der Waals surface area contributed by atoms with E-state index >= 15 is 0 Å². The summed E-state index contributed by atoms with van der Waals surface area (Å²) in [5.41, 5.74) is 0. The van der Waals surface area contributed by atoms with Crippen LogP contribution in [0.3, 0.4) is 0 Å². The molecule has 2 unspecified atom stereocenters. The number of hydrogen-bond donors (Lipinski definition) is 1. The van der Waals surface area contributed by atoms with E-state index < -0.39 is 6.04 Å². The van der Waals surface area contributed by atoms with Gasteiger partial charge in [-0.15, -0.1) is 0 Å². The lowest BCUT2D eigenvalue weighted by Crippen LogP contribution is -2.58. The molecular formula is C17H31N3O3. The van der Waals surface area contributed by atoms with Crippen LogP contribution in [0.2, 0.25) is 0 Å². The van der Waals surface area contributed by atoms with E-state index in [-0.39, 0.29) is 17.7 Å². The van der Waals surface area contributed by atoms with Crippen molar-refractivity contribution in [2.45, 2.75) is 51.6 Å². The molecule has 2 atom stereocenters. The Hall–Kier alpha value is -1.14. The summed E-state index contributed by atoms with van der Waals surface area (Å²) >= 11 is 0. The molecule has 6 heteroatoms. The van der Waals surface area contributed by atoms with Crippen molar-refractivity contribution in [3.05, 3.63) is 0 Å². The molecule has 1 heterocycles. The van der Waals surface area contributed by atoms with Gasteiger partial charge >= 0.3 is 0 Å². The SMILES string of the molecule is CCC1CN(C(=O)C(C)NC(=O)C2CCC2)CCN1CCOC. The number of hydrogen-bond acceptors (Lipinski definition) is 4. The fourth-order valence-electron chi connectivity index (χ4n) is 3.32. The number of methoxy groups -OCH3 is 1. The smallest absolute Gasteiger partial charge is 0.244 e. The van der Waals surface area contributed by atoms with Crippen LogP contribution in [-0.2, 0) is 14.3 Å². The third kappa shape index (κ3) is 4.67. The highest BCUT2D eigenvalue weighted by atomic mass is 16.5. The summed E-state index contributed by atoms with van der Waals surface area (Å²) in [6, 6.07) is -0.0523. The second-order valence-electron chi connectivity index (χ2n) is 6.73. The average molecular weight is 325 g/mol. The Balaban J connectivity index is 1.83. The Bertz CT molecular complexity index is 412. The highest BCUT2D eigenvalue weighted by molar-refractivity contribution is 5.88. The van der Waals surface area contributed by atoms with Gasteiger partial charge in [0, 0.05) is 45.2 Å². The van der Waals surface area contributed by atoms with Crippen LogP contribution >= 0.6 is 0 Å². The number of piperazine rings is 1. The van der Waals surface area contributed by atoms with Crippen molar-refractivity contribution in [3.8, 4) is 0 Å².